The van der Waals surface area contributed by atoms with Gasteiger partial charge in [0.15, 0.2) is 0 Å². The van der Waals surface area contributed by atoms with E-state index in [1.807, 2.05) is 0 Å². The van der Waals surface area contributed by atoms with E-state index in [2.05, 4.69) is 26.3 Å². The van der Waals surface area contributed by atoms with Gasteiger partial charge in [-0.15, -0.1) is 0 Å². The maximum Gasteiger partial charge on any atom is 0.333 e. The molecule has 29 heavy (non-hydrogen) atoms. The van der Waals surface area contributed by atoms with Crippen molar-refractivity contribution in [3.05, 3.63) is 46.3 Å². The SMILES string of the molecule is CC(=O)Cc1cc(S(=O)(=O)NC(=O)Nc2c3c(cc4c2CCC4)CCC3)cnn1. The summed E-state index contributed by atoms with van der Waals surface area (Å²) in [5.74, 6) is -0.161. The summed E-state index contributed by atoms with van der Waals surface area (Å²) in [4.78, 5) is 23.6. The van der Waals surface area contributed by atoms with Gasteiger partial charge in [-0.1, -0.05) is 6.07 Å². The van der Waals surface area contributed by atoms with Gasteiger partial charge in [-0.2, -0.15) is 10.2 Å². The molecule has 0 radical (unpaired) electrons. The summed E-state index contributed by atoms with van der Waals surface area (Å²) in [5, 5.41) is 10.2. The Balaban J connectivity index is 1.56. The lowest BCUT2D eigenvalue weighted by molar-refractivity contribution is -0.116. The van der Waals surface area contributed by atoms with Crippen LogP contribution in [0.1, 0.15) is 47.7 Å². The predicted molar refractivity (Wildman–Crippen MR) is 106 cm³/mol. The standard InChI is InChI=1S/C20H22N4O4S/c1-12(25)8-15-10-16(11-21-23-15)29(27,28)24-20(26)22-19-17-6-2-4-13(17)9-14-5-3-7-18(14)19/h9-11H,2-8H2,1H3,(H2,22,24,26). The van der Waals surface area contributed by atoms with E-state index in [4.69, 9.17) is 0 Å². The highest BCUT2D eigenvalue weighted by Crippen LogP contribution is 2.38. The third kappa shape index (κ3) is 4.00. The first-order valence-electron chi connectivity index (χ1n) is 9.65. The Labute approximate surface area is 169 Å². The topological polar surface area (TPSA) is 118 Å². The highest BCUT2D eigenvalue weighted by atomic mass is 32.2. The van der Waals surface area contributed by atoms with Gasteiger partial charge in [0.1, 0.15) is 10.7 Å². The molecule has 2 aliphatic rings. The number of nitrogens with one attached hydrogen (secondary N) is 2. The maximum atomic E-state index is 12.6. The van der Waals surface area contributed by atoms with Gasteiger partial charge < -0.3 is 5.32 Å². The van der Waals surface area contributed by atoms with Crippen LogP contribution in [0.15, 0.2) is 23.2 Å². The van der Waals surface area contributed by atoms with Gasteiger partial charge in [0.25, 0.3) is 10.0 Å². The Kier molecular flexibility index (Phi) is 5.08. The van der Waals surface area contributed by atoms with Crippen molar-refractivity contribution in [2.45, 2.75) is 56.8 Å². The molecule has 2 aromatic rings. The molecule has 1 heterocycles. The smallest absolute Gasteiger partial charge is 0.307 e. The number of anilines is 1. The van der Waals surface area contributed by atoms with Crippen LogP contribution in [0.4, 0.5) is 10.5 Å². The van der Waals surface area contributed by atoms with Gasteiger partial charge in [-0.25, -0.2) is 17.9 Å². The highest BCUT2D eigenvalue weighted by Gasteiger charge is 2.26. The second-order valence-electron chi connectivity index (χ2n) is 7.56. The average molecular weight is 414 g/mol. The molecule has 1 aromatic heterocycles. The van der Waals surface area contributed by atoms with Crippen LogP contribution in [0.3, 0.4) is 0 Å². The van der Waals surface area contributed by atoms with Gasteiger partial charge in [-0.3, -0.25) is 4.79 Å². The molecule has 0 spiro atoms. The Morgan fingerprint density at radius 2 is 1.69 bits per heavy atom. The number of hydrogen-bond donors (Lipinski definition) is 2. The molecule has 0 bridgehead atoms. The summed E-state index contributed by atoms with van der Waals surface area (Å²) >= 11 is 0. The molecule has 2 aliphatic carbocycles. The number of Topliss-reactive ketones (excluding diaryl/α,β-unsaturated/α-hetero) is 1. The van der Waals surface area contributed by atoms with E-state index in [0.29, 0.717) is 0 Å². The zero-order valence-corrected chi connectivity index (χ0v) is 16.9. The Morgan fingerprint density at radius 3 is 2.31 bits per heavy atom. The number of carbonyl (C=O) groups is 2. The number of benzene rings is 1. The molecular weight excluding hydrogens is 392 g/mol. The lowest BCUT2D eigenvalue weighted by Gasteiger charge is -2.16. The second-order valence-corrected chi connectivity index (χ2v) is 9.24. The quantitative estimate of drug-likeness (QED) is 0.773. The number of aromatic nitrogens is 2. The summed E-state index contributed by atoms with van der Waals surface area (Å²) in [6, 6.07) is 2.69. The lowest BCUT2D eigenvalue weighted by Crippen LogP contribution is -2.35. The average Bonchev–Trinajstić information content (AvgIpc) is 3.29. The molecule has 0 aliphatic heterocycles. The van der Waals surface area contributed by atoms with Gasteiger partial charge in [0.05, 0.1) is 18.3 Å². The Hall–Kier alpha value is -2.81. The van der Waals surface area contributed by atoms with Crippen LogP contribution in [0.2, 0.25) is 0 Å². The fourth-order valence-electron chi connectivity index (χ4n) is 4.17. The number of hydrogen-bond acceptors (Lipinski definition) is 6. The first-order chi connectivity index (χ1) is 13.8. The summed E-state index contributed by atoms with van der Waals surface area (Å²) < 4.78 is 27.3. The number of fused-ring (bicyclic) bond motifs is 2. The van der Waals surface area contributed by atoms with Crippen molar-refractivity contribution < 1.29 is 18.0 Å². The van der Waals surface area contributed by atoms with Crippen molar-refractivity contribution in [2.24, 2.45) is 0 Å². The molecule has 4 rings (SSSR count). The minimum absolute atomic E-state index is 0.0230. The number of urea groups is 1. The second kappa shape index (κ2) is 7.55. The number of amides is 2. The van der Waals surface area contributed by atoms with Gasteiger partial charge in [0.2, 0.25) is 0 Å². The molecule has 0 unspecified atom stereocenters. The van der Waals surface area contributed by atoms with Crippen LogP contribution in [0.5, 0.6) is 0 Å². The van der Waals surface area contributed by atoms with Crippen LogP contribution in [0.25, 0.3) is 0 Å². The molecule has 2 amide bonds. The number of ketones is 1. The molecule has 1 aromatic carbocycles. The van der Waals surface area contributed by atoms with E-state index in [1.54, 1.807) is 0 Å². The largest absolute Gasteiger partial charge is 0.333 e. The van der Waals surface area contributed by atoms with E-state index in [9.17, 15) is 18.0 Å². The van der Waals surface area contributed by atoms with Crippen LogP contribution in [-0.4, -0.2) is 30.4 Å². The van der Waals surface area contributed by atoms with E-state index in [0.717, 1.165) is 61.5 Å². The zero-order valence-electron chi connectivity index (χ0n) is 16.1. The number of rotatable bonds is 5. The van der Waals surface area contributed by atoms with Crippen LogP contribution >= 0.6 is 0 Å². The van der Waals surface area contributed by atoms with Gasteiger partial charge in [0, 0.05) is 5.69 Å². The monoisotopic (exact) mass is 414 g/mol. The molecule has 2 N–H and O–H groups in total. The Bertz CT molecular complexity index is 1080. The maximum absolute atomic E-state index is 12.6. The van der Waals surface area contributed by atoms with Crippen molar-refractivity contribution in [3.63, 3.8) is 0 Å². The fourth-order valence-corrected chi connectivity index (χ4v) is 5.06. The molecule has 0 fully saturated rings. The molecule has 8 nitrogen and oxygen atoms in total. The summed E-state index contributed by atoms with van der Waals surface area (Å²) in [7, 11) is -4.14. The van der Waals surface area contributed by atoms with Crippen LogP contribution in [0, 0.1) is 0 Å². The minimum Gasteiger partial charge on any atom is -0.307 e. The number of carbonyl (C=O) groups excluding carboxylic acids is 2. The third-order valence-electron chi connectivity index (χ3n) is 5.36. The van der Waals surface area contributed by atoms with E-state index >= 15 is 0 Å². The molecule has 0 atom stereocenters. The van der Waals surface area contributed by atoms with Crippen LogP contribution < -0.4 is 10.0 Å². The van der Waals surface area contributed by atoms with E-state index in [-0.39, 0.29) is 22.8 Å². The molecule has 152 valence electrons. The summed E-state index contributed by atoms with van der Waals surface area (Å²) in [6.07, 6.45) is 6.84. The van der Waals surface area contributed by atoms with Gasteiger partial charge in [-0.05, 0) is 73.8 Å². The van der Waals surface area contributed by atoms with E-state index in [1.165, 1.54) is 24.1 Å². The van der Waals surface area contributed by atoms with Crippen LogP contribution in [-0.2, 0) is 46.9 Å². The summed E-state index contributed by atoms with van der Waals surface area (Å²) in [6.45, 7) is 1.38. The number of sulfonamides is 1. The van der Waals surface area contributed by atoms with Crippen molar-refractivity contribution in [1.29, 1.82) is 0 Å². The van der Waals surface area contributed by atoms with Crippen molar-refractivity contribution in [1.82, 2.24) is 14.9 Å². The normalized spacial score (nSPS) is 14.9. The lowest BCUT2D eigenvalue weighted by atomic mass is 9.99. The zero-order chi connectivity index (χ0) is 20.6. The first kappa shape index (κ1) is 19.5. The van der Waals surface area contributed by atoms with E-state index < -0.39 is 16.1 Å². The number of nitrogens with zero attached hydrogens (tertiary/aromatic N) is 2. The Morgan fingerprint density at radius 1 is 1.03 bits per heavy atom. The summed E-state index contributed by atoms with van der Waals surface area (Å²) in [5.41, 5.74) is 5.73. The van der Waals surface area contributed by atoms with Crippen molar-refractivity contribution in [3.8, 4) is 0 Å². The minimum atomic E-state index is -4.14. The van der Waals surface area contributed by atoms with Crippen molar-refractivity contribution >= 4 is 27.5 Å². The third-order valence-corrected chi connectivity index (χ3v) is 6.66. The molecule has 9 heteroatoms. The predicted octanol–water partition coefficient (Wildman–Crippen LogP) is 2.10. The highest BCUT2D eigenvalue weighted by molar-refractivity contribution is 7.90. The first-order valence-corrected chi connectivity index (χ1v) is 11.1. The van der Waals surface area contributed by atoms with Crippen molar-refractivity contribution in [2.75, 3.05) is 5.32 Å². The molecule has 0 saturated carbocycles. The number of aryl methyl sites for hydroxylation is 2. The molecular formula is C20H22N4O4S. The van der Waals surface area contributed by atoms with Gasteiger partial charge >= 0.3 is 6.03 Å². The molecule has 0 saturated heterocycles. The fraction of sp³-hybridized carbons (Fsp3) is 0.400.